The van der Waals surface area contributed by atoms with Crippen LogP contribution in [0.1, 0.15) is 39.5 Å². The minimum absolute atomic E-state index is 0.0231. The van der Waals surface area contributed by atoms with Crippen LogP contribution < -0.4 is 11.2 Å². The third kappa shape index (κ3) is 5.93. The number of hydrogen-bond donors (Lipinski definition) is 2. The first-order valence-corrected chi connectivity index (χ1v) is 9.76. The van der Waals surface area contributed by atoms with Gasteiger partial charge in [-0.05, 0) is 37.6 Å². The van der Waals surface area contributed by atoms with Crippen molar-refractivity contribution in [3.05, 3.63) is 29.3 Å². The molecule has 0 aliphatic rings. The Morgan fingerprint density at radius 1 is 1.32 bits per heavy atom. The van der Waals surface area contributed by atoms with E-state index in [1.165, 1.54) is 29.3 Å². The molecule has 8 heteroatoms. The number of thioether (sulfide) groups is 1. The molecule has 0 fully saturated rings. The molecule has 0 unspecified atom stereocenters. The summed E-state index contributed by atoms with van der Waals surface area (Å²) in [6.45, 7) is 4.20. The maximum absolute atomic E-state index is 12.0. The number of carbonyl (C=O) groups excluding carboxylic acids is 1. The van der Waals surface area contributed by atoms with Crippen LogP contribution in [0.25, 0.3) is 11.4 Å². The lowest BCUT2D eigenvalue weighted by Gasteiger charge is -2.13. The van der Waals surface area contributed by atoms with E-state index in [0.717, 1.165) is 18.4 Å². The van der Waals surface area contributed by atoms with E-state index < -0.39 is 0 Å². The first-order valence-electron chi connectivity index (χ1n) is 8.39. The zero-order valence-corrected chi connectivity index (χ0v) is 16.1. The van der Waals surface area contributed by atoms with E-state index in [0.29, 0.717) is 16.0 Å². The number of unbranched alkanes of at least 4 members (excludes halogenated alkanes) is 2. The third-order valence-electron chi connectivity index (χ3n) is 3.75. The van der Waals surface area contributed by atoms with Crippen molar-refractivity contribution in [2.75, 3.05) is 11.6 Å². The first kappa shape index (κ1) is 19.6. The van der Waals surface area contributed by atoms with Gasteiger partial charge in [0.2, 0.25) is 11.1 Å². The average molecular weight is 382 g/mol. The molecule has 0 saturated carbocycles. The van der Waals surface area contributed by atoms with Crippen LogP contribution in [0.3, 0.4) is 0 Å². The molecule has 0 saturated heterocycles. The van der Waals surface area contributed by atoms with Gasteiger partial charge in [-0.2, -0.15) is 0 Å². The highest BCUT2D eigenvalue weighted by molar-refractivity contribution is 7.99. The van der Waals surface area contributed by atoms with Crippen molar-refractivity contribution in [2.45, 2.75) is 50.7 Å². The molecule has 0 aliphatic heterocycles. The summed E-state index contributed by atoms with van der Waals surface area (Å²) < 4.78 is 1.39. The van der Waals surface area contributed by atoms with E-state index in [1.54, 1.807) is 12.1 Å². The summed E-state index contributed by atoms with van der Waals surface area (Å²) in [5, 5.41) is 12.3. The smallest absolute Gasteiger partial charge is 0.230 e. The summed E-state index contributed by atoms with van der Waals surface area (Å²) in [6.07, 6.45) is 4.50. The predicted molar refractivity (Wildman–Crippen MR) is 103 cm³/mol. The lowest BCUT2D eigenvalue weighted by molar-refractivity contribution is -0.119. The van der Waals surface area contributed by atoms with Crippen LogP contribution in [-0.4, -0.2) is 32.6 Å². The molecule has 6 nitrogen and oxygen atoms in total. The second-order valence-electron chi connectivity index (χ2n) is 5.94. The zero-order valence-electron chi connectivity index (χ0n) is 14.5. The lowest BCUT2D eigenvalue weighted by Crippen LogP contribution is -2.33. The van der Waals surface area contributed by atoms with Crippen LogP contribution in [0, 0.1) is 0 Å². The molecular formula is C17H24ClN5OS. The number of nitrogens with zero attached hydrogens (tertiary/aromatic N) is 3. The van der Waals surface area contributed by atoms with Gasteiger partial charge in [0, 0.05) is 16.6 Å². The topological polar surface area (TPSA) is 85.8 Å². The number of halogens is 1. The number of benzene rings is 1. The highest BCUT2D eigenvalue weighted by Gasteiger charge is 2.14. The normalized spacial score (nSPS) is 12.1. The molecule has 1 heterocycles. The highest BCUT2D eigenvalue weighted by Crippen LogP contribution is 2.22. The molecule has 136 valence electrons. The number of carbonyl (C=O) groups is 1. The molecule has 0 bridgehead atoms. The summed E-state index contributed by atoms with van der Waals surface area (Å²) in [4.78, 5) is 12.0. The molecule has 0 spiro atoms. The van der Waals surface area contributed by atoms with Crippen molar-refractivity contribution in [1.29, 1.82) is 0 Å². The van der Waals surface area contributed by atoms with Crippen molar-refractivity contribution in [2.24, 2.45) is 0 Å². The van der Waals surface area contributed by atoms with Gasteiger partial charge >= 0.3 is 0 Å². The van der Waals surface area contributed by atoms with Crippen molar-refractivity contribution < 1.29 is 4.79 Å². The number of rotatable bonds is 9. The maximum atomic E-state index is 12.0. The van der Waals surface area contributed by atoms with Crippen LogP contribution in [0.5, 0.6) is 0 Å². The fourth-order valence-corrected chi connectivity index (χ4v) is 3.18. The van der Waals surface area contributed by atoms with Gasteiger partial charge in [0.25, 0.3) is 0 Å². The van der Waals surface area contributed by atoms with E-state index in [9.17, 15) is 4.79 Å². The second-order valence-corrected chi connectivity index (χ2v) is 7.32. The molecule has 0 radical (unpaired) electrons. The van der Waals surface area contributed by atoms with Crippen LogP contribution in [0.4, 0.5) is 0 Å². The van der Waals surface area contributed by atoms with Gasteiger partial charge < -0.3 is 11.2 Å². The number of amides is 1. The van der Waals surface area contributed by atoms with Gasteiger partial charge in [-0.3, -0.25) is 4.79 Å². The number of nitrogen functional groups attached to an aromatic ring is 1. The Labute approximate surface area is 157 Å². The molecule has 1 aromatic carbocycles. The molecule has 3 N–H and O–H groups in total. The fraction of sp³-hybridized carbons (Fsp3) is 0.471. The summed E-state index contributed by atoms with van der Waals surface area (Å²) in [7, 11) is 0. The predicted octanol–water partition coefficient (Wildman–Crippen LogP) is 3.49. The number of nitrogens with one attached hydrogen (secondary N) is 1. The quantitative estimate of drug-likeness (QED) is 0.394. The van der Waals surface area contributed by atoms with Crippen LogP contribution >= 0.6 is 23.4 Å². The van der Waals surface area contributed by atoms with Gasteiger partial charge in [0.05, 0.1) is 5.75 Å². The molecule has 1 atom stereocenters. The van der Waals surface area contributed by atoms with Gasteiger partial charge in [-0.25, -0.2) is 4.68 Å². The second kappa shape index (κ2) is 9.68. The van der Waals surface area contributed by atoms with E-state index in [2.05, 4.69) is 22.4 Å². The Morgan fingerprint density at radius 3 is 2.72 bits per heavy atom. The SMILES string of the molecule is CCCCC[C@H](C)NC(=O)CSc1nnc(-c2ccc(Cl)cc2)n1N. The third-order valence-corrected chi connectivity index (χ3v) is 4.94. The van der Waals surface area contributed by atoms with Crippen molar-refractivity contribution in [1.82, 2.24) is 20.2 Å². The molecule has 2 rings (SSSR count). The Kier molecular flexibility index (Phi) is 7.58. The summed E-state index contributed by atoms with van der Waals surface area (Å²) in [6, 6.07) is 7.38. The van der Waals surface area contributed by atoms with Gasteiger partial charge in [-0.15, -0.1) is 10.2 Å². The molecule has 1 amide bonds. The monoisotopic (exact) mass is 381 g/mol. The number of hydrogen-bond acceptors (Lipinski definition) is 5. The van der Waals surface area contributed by atoms with Gasteiger partial charge in [-0.1, -0.05) is 49.5 Å². The van der Waals surface area contributed by atoms with E-state index in [-0.39, 0.29) is 17.7 Å². The molecule has 2 aromatic rings. The van der Waals surface area contributed by atoms with Crippen molar-refractivity contribution in [3.8, 4) is 11.4 Å². The Balaban J connectivity index is 1.87. The van der Waals surface area contributed by atoms with Gasteiger partial charge in [0.1, 0.15) is 0 Å². The van der Waals surface area contributed by atoms with Crippen molar-refractivity contribution >= 4 is 29.3 Å². The largest absolute Gasteiger partial charge is 0.353 e. The standard InChI is InChI=1S/C17H24ClN5OS/c1-3-4-5-6-12(2)20-15(24)11-25-17-22-21-16(23(17)19)13-7-9-14(18)10-8-13/h7-10,12H,3-6,11,19H2,1-2H3,(H,20,24)/t12-/m0/s1. The lowest BCUT2D eigenvalue weighted by atomic mass is 10.1. The van der Waals surface area contributed by atoms with Crippen molar-refractivity contribution in [3.63, 3.8) is 0 Å². The number of aromatic nitrogens is 3. The van der Waals surface area contributed by atoms with Gasteiger partial charge in [0.15, 0.2) is 5.82 Å². The Morgan fingerprint density at radius 2 is 2.04 bits per heavy atom. The minimum Gasteiger partial charge on any atom is -0.353 e. The summed E-state index contributed by atoms with van der Waals surface area (Å²) >= 11 is 7.16. The van der Waals surface area contributed by atoms with Crippen LogP contribution in [0.15, 0.2) is 29.4 Å². The molecule has 0 aliphatic carbocycles. The van der Waals surface area contributed by atoms with E-state index in [1.807, 2.05) is 19.1 Å². The van der Waals surface area contributed by atoms with E-state index in [4.69, 9.17) is 17.4 Å². The first-order chi connectivity index (χ1) is 12.0. The molecular weight excluding hydrogens is 358 g/mol. The average Bonchev–Trinajstić information content (AvgIpc) is 2.95. The molecule has 25 heavy (non-hydrogen) atoms. The fourth-order valence-electron chi connectivity index (χ4n) is 2.39. The van der Waals surface area contributed by atoms with Crippen LogP contribution in [0.2, 0.25) is 5.02 Å². The minimum atomic E-state index is -0.0231. The summed E-state index contributed by atoms with van der Waals surface area (Å²) in [5.74, 6) is 6.82. The zero-order chi connectivity index (χ0) is 18.2. The summed E-state index contributed by atoms with van der Waals surface area (Å²) in [5.41, 5.74) is 0.820. The molecule has 1 aromatic heterocycles. The highest BCUT2D eigenvalue weighted by atomic mass is 35.5. The Hall–Kier alpha value is -1.73. The number of nitrogens with two attached hydrogens (primary N) is 1. The maximum Gasteiger partial charge on any atom is 0.230 e. The van der Waals surface area contributed by atoms with E-state index >= 15 is 0 Å². The Bertz CT molecular complexity index is 689. The van der Waals surface area contributed by atoms with Crippen LogP contribution in [-0.2, 0) is 4.79 Å².